The number of benzene rings is 2. The van der Waals surface area contributed by atoms with Crippen LogP contribution in [0.4, 0.5) is 17.1 Å². The number of nitro benzene ring substituents is 1. The van der Waals surface area contributed by atoms with Gasteiger partial charge in [0.1, 0.15) is 5.69 Å². The van der Waals surface area contributed by atoms with Gasteiger partial charge < -0.3 is 15.5 Å². The number of amides is 2. The average molecular weight is 384 g/mol. The minimum Gasteiger partial charge on any atom is -0.372 e. The zero-order valence-electron chi connectivity index (χ0n) is 16.4. The SMILES string of the molecule is CC(C)C(=O)Nc1cccc(CNC(=O)c2ccc(N(C)C)c([N+](=O)[O-])c2)c1. The largest absolute Gasteiger partial charge is 0.372 e. The van der Waals surface area contributed by atoms with Crippen molar-refractivity contribution in [2.45, 2.75) is 20.4 Å². The molecule has 2 amide bonds. The molecule has 0 bridgehead atoms. The van der Waals surface area contributed by atoms with Gasteiger partial charge in [-0.15, -0.1) is 0 Å². The fourth-order valence-corrected chi connectivity index (χ4v) is 2.52. The molecule has 2 rings (SSSR count). The number of nitrogens with zero attached hydrogens (tertiary/aromatic N) is 2. The molecule has 0 fully saturated rings. The van der Waals surface area contributed by atoms with E-state index in [0.717, 1.165) is 5.56 Å². The highest BCUT2D eigenvalue weighted by atomic mass is 16.6. The molecule has 0 saturated heterocycles. The van der Waals surface area contributed by atoms with Gasteiger partial charge in [-0.1, -0.05) is 26.0 Å². The summed E-state index contributed by atoms with van der Waals surface area (Å²) in [6.45, 7) is 3.84. The Labute approximate surface area is 163 Å². The highest BCUT2D eigenvalue weighted by Crippen LogP contribution is 2.27. The summed E-state index contributed by atoms with van der Waals surface area (Å²) in [5.41, 5.74) is 1.96. The minimum absolute atomic E-state index is 0.0884. The van der Waals surface area contributed by atoms with Gasteiger partial charge in [-0.25, -0.2) is 0 Å². The van der Waals surface area contributed by atoms with Crippen LogP contribution in [0.1, 0.15) is 29.8 Å². The molecule has 28 heavy (non-hydrogen) atoms. The lowest BCUT2D eigenvalue weighted by molar-refractivity contribution is -0.384. The molecule has 0 heterocycles. The van der Waals surface area contributed by atoms with Crippen molar-refractivity contribution in [1.82, 2.24) is 5.32 Å². The zero-order chi connectivity index (χ0) is 20.8. The van der Waals surface area contributed by atoms with E-state index in [1.165, 1.54) is 6.07 Å². The van der Waals surface area contributed by atoms with E-state index >= 15 is 0 Å². The fourth-order valence-electron chi connectivity index (χ4n) is 2.52. The molecule has 2 aromatic carbocycles. The first-order chi connectivity index (χ1) is 13.2. The van der Waals surface area contributed by atoms with E-state index in [0.29, 0.717) is 11.4 Å². The van der Waals surface area contributed by atoms with Crippen molar-refractivity contribution in [2.24, 2.45) is 5.92 Å². The Hall–Kier alpha value is -3.42. The number of rotatable bonds is 7. The van der Waals surface area contributed by atoms with Crippen molar-refractivity contribution in [3.63, 3.8) is 0 Å². The van der Waals surface area contributed by atoms with Gasteiger partial charge in [0.25, 0.3) is 11.6 Å². The molecule has 0 unspecified atom stereocenters. The summed E-state index contributed by atoms with van der Waals surface area (Å²) < 4.78 is 0. The maximum absolute atomic E-state index is 12.4. The Kier molecular flexibility index (Phi) is 6.70. The van der Waals surface area contributed by atoms with E-state index in [2.05, 4.69) is 10.6 Å². The van der Waals surface area contributed by atoms with Crippen LogP contribution < -0.4 is 15.5 Å². The maximum Gasteiger partial charge on any atom is 0.293 e. The van der Waals surface area contributed by atoms with Crippen LogP contribution in [0.2, 0.25) is 0 Å². The number of hydrogen-bond acceptors (Lipinski definition) is 5. The third kappa shape index (κ3) is 5.29. The highest BCUT2D eigenvalue weighted by Gasteiger charge is 2.18. The third-order valence-electron chi connectivity index (χ3n) is 4.09. The molecule has 8 heteroatoms. The van der Waals surface area contributed by atoms with Gasteiger partial charge in [0.15, 0.2) is 0 Å². The van der Waals surface area contributed by atoms with E-state index in [4.69, 9.17) is 0 Å². The molecule has 148 valence electrons. The van der Waals surface area contributed by atoms with E-state index in [-0.39, 0.29) is 29.6 Å². The highest BCUT2D eigenvalue weighted by molar-refractivity contribution is 5.96. The molecule has 0 spiro atoms. The number of anilines is 2. The van der Waals surface area contributed by atoms with Gasteiger partial charge in [0.2, 0.25) is 5.91 Å². The van der Waals surface area contributed by atoms with Gasteiger partial charge in [-0.05, 0) is 29.8 Å². The van der Waals surface area contributed by atoms with Gasteiger partial charge in [-0.2, -0.15) is 0 Å². The lowest BCUT2D eigenvalue weighted by Crippen LogP contribution is -2.23. The van der Waals surface area contributed by atoms with Gasteiger partial charge in [0.05, 0.1) is 4.92 Å². The summed E-state index contributed by atoms with van der Waals surface area (Å²) in [6, 6.07) is 11.5. The van der Waals surface area contributed by atoms with Crippen LogP contribution in [-0.4, -0.2) is 30.8 Å². The topological polar surface area (TPSA) is 105 Å². The first-order valence-corrected chi connectivity index (χ1v) is 8.82. The first kappa shape index (κ1) is 20.9. The predicted octanol–water partition coefficient (Wildman–Crippen LogP) is 3.19. The standard InChI is InChI=1S/C20H24N4O4/c1-13(2)19(25)22-16-7-5-6-14(10-16)12-21-20(26)15-8-9-17(23(3)4)18(11-15)24(27)28/h5-11,13H,12H2,1-4H3,(H,21,26)(H,22,25). The molecular formula is C20H24N4O4. The fraction of sp³-hybridized carbons (Fsp3) is 0.300. The van der Waals surface area contributed by atoms with Gasteiger partial charge in [-0.3, -0.25) is 19.7 Å². The van der Waals surface area contributed by atoms with Crippen LogP contribution >= 0.6 is 0 Å². The maximum atomic E-state index is 12.4. The summed E-state index contributed by atoms with van der Waals surface area (Å²) >= 11 is 0. The molecule has 0 aliphatic rings. The van der Waals surface area contributed by atoms with E-state index in [1.54, 1.807) is 63.2 Å². The van der Waals surface area contributed by atoms with Gasteiger partial charge in [0, 0.05) is 43.9 Å². The van der Waals surface area contributed by atoms with Crippen LogP contribution in [0.25, 0.3) is 0 Å². The van der Waals surface area contributed by atoms with Crippen LogP contribution in [0.3, 0.4) is 0 Å². The van der Waals surface area contributed by atoms with Gasteiger partial charge >= 0.3 is 0 Å². The summed E-state index contributed by atoms with van der Waals surface area (Å²) in [6.07, 6.45) is 0. The zero-order valence-corrected chi connectivity index (χ0v) is 16.4. The van der Waals surface area contributed by atoms with E-state index < -0.39 is 10.8 Å². The number of nitro groups is 1. The van der Waals surface area contributed by atoms with Crippen molar-refractivity contribution in [3.8, 4) is 0 Å². The molecular weight excluding hydrogens is 360 g/mol. The third-order valence-corrected chi connectivity index (χ3v) is 4.09. The Bertz CT molecular complexity index is 894. The quantitative estimate of drug-likeness (QED) is 0.563. The predicted molar refractivity (Wildman–Crippen MR) is 109 cm³/mol. The molecule has 0 aliphatic carbocycles. The smallest absolute Gasteiger partial charge is 0.293 e. The Balaban J connectivity index is 2.09. The van der Waals surface area contributed by atoms with Crippen molar-refractivity contribution in [2.75, 3.05) is 24.3 Å². The number of carbonyl (C=O) groups is 2. The Morgan fingerprint density at radius 3 is 2.46 bits per heavy atom. The average Bonchev–Trinajstić information content (AvgIpc) is 2.65. The molecule has 0 aliphatic heterocycles. The van der Waals surface area contributed by atoms with E-state index in [1.807, 2.05) is 6.07 Å². The molecule has 0 saturated carbocycles. The summed E-state index contributed by atoms with van der Waals surface area (Å²) in [4.78, 5) is 36.6. The molecule has 0 aromatic heterocycles. The second kappa shape index (κ2) is 8.98. The van der Waals surface area contributed by atoms with Crippen molar-refractivity contribution in [3.05, 3.63) is 63.7 Å². The number of carbonyl (C=O) groups excluding carboxylic acids is 2. The van der Waals surface area contributed by atoms with Crippen LogP contribution in [0.15, 0.2) is 42.5 Å². The number of nitrogens with one attached hydrogen (secondary N) is 2. The summed E-state index contributed by atoms with van der Waals surface area (Å²) in [7, 11) is 3.40. The lowest BCUT2D eigenvalue weighted by Gasteiger charge is -2.13. The van der Waals surface area contributed by atoms with Crippen LogP contribution in [-0.2, 0) is 11.3 Å². The van der Waals surface area contributed by atoms with Crippen molar-refractivity contribution < 1.29 is 14.5 Å². The summed E-state index contributed by atoms with van der Waals surface area (Å²) in [5, 5.41) is 16.8. The number of hydrogen-bond donors (Lipinski definition) is 2. The van der Waals surface area contributed by atoms with Crippen molar-refractivity contribution >= 4 is 28.9 Å². The monoisotopic (exact) mass is 384 g/mol. The molecule has 8 nitrogen and oxygen atoms in total. The summed E-state index contributed by atoms with van der Waals surface area (Å²) in [5.74, 6) is -0.635. The second-order valence-corrected chi connectivity index (χ2v) is 6.88. The minimum atomic E-state index is -0.507. The molecule has 2 N–H and O–H groups in total. The Morgan fingerprint density at radius 1 is 1.14 bits per heavy atom. The molecule has 0 radical (unpaired) electrons. The molecule has 2 aromatic rings. The Morgan fingerprint density at radius 2 is 1.86 bits per heavy atom. The molecule has 0 atom stereocenters. The second-order valence-electron chi connectivity index (χ2n) is 6.88. The van der Waals surface area contributed by atoms with Crippen LogP contribution in [0, 0.1) is 16.0 Å². The van der Waals surface area contributed by atoms with E-state index in [9.17, 15) is 19.7 Å². The van der Waals surface area contributed by atoms with Crippen LogP contribution in [0.5, 0.6) is 0 Å². The lowest BCUT2D eigenvalue weighted by atomic mass is 10.1. The van der Waals surface area contributed by atoms with Crippen molar-refractivity contribution in [1.29, 1.82) is 0 Å². The first-order valence-electron chi connectivity index (χ1n) is 8.82. The normalized spacial score (nSPS) is 10.5.